The Morgan fingerprint density at radius 1 is 1.32 bits per heavy atom. The molecule has 0 fully saturated rings. The van der Waals surface area contributed by atoms with E-state index in [1.807, 2.05) is 14.0 Å². The molecule has 22 heavy (non-hydrogen) atoms. The molecule has 1 aromatic carbocycles. The molecule has 0 saturated carbocycles. The van der Waals surface area contributed by atoms with Gasteiger partial charge in [-0.2, -0.15) is 0 Å². The number of ether oxygens (including phenoxy) is 2. The van der Waals surface area contributed by atoms with Crippen molar-refractivity contribution in [1.82, 2.24) is 14.8 Å². The minimum Gasteiger partial charge on any atom is -0.493 e. The summed E-state index contributed by atoms with van der Waals surface area (Å²) in [6.07, 6.45) is 1.60. The van der Waals surface area contributed by atoms with E-state index in [9.17, 15) is 4.79 Å². The standard InChI is InChI=1S/C14H18N4O3S/c1-9(22-14-17-15-8-18(14)2)13(19)16-10-5-6-11(20-3)12(7-10)21-4/h5-9H,1-4H3,(H,16,19)/t9-/m0/s1. The third kappa shape index (κ3) is 3.70. The van der Waals surface area contributed by atoms with Crippen LogP contribution in [-0.4, -0.2) is 40.1 Å². The largest absolute Gasteiger partial charge is 0.493 e. The topological polar surface area (TPSA) is 78.3 Å². The number of carbonyl (C=O) groups excluding carboxylic acids is 1. The summed E-state index contributed by atoms with van der Waals surface area (Å²) < 4.78 is 12.2. The van der Waals surface area contributed by atoms with Gasteiger partial charge in [-0.25, -0.2) is 0 Å². The number of nitrogens with one attached hydrogen (secondary N) is 1. The van der Waals surface area contributed by atoms with Gasteiger partial charge in [-0.05, 0) is 19.1 Å². The fourth-order valence-electron chi connectivity index (χ4n) is 1.75. The second-order valence-corrected chi connectivity index (χ2v) is 5.85. The number of methoxy groups -OCH3 is 2. The molecule has 0 aliphatic heterocycles. The van der Waals surface area contributed by atoms with E-state index in [2.05, 4.69) is 15.5 Å². The maximum absolute atomic E-state index is 12.2. The van der Waals surface area contributed by atoms with Crippen LogP contribution in [0.4, 0.5) is 5.69 Å². The smallest absolute Gasteiger partial charge is 0.237 e. The SMILES string of the molecule is COc1ccc(NC(=O)[C@H](C)Sc2nncn2C)cc1OC. The van der Waals surface area contributed by atoms with Crippen LogP contribution in [0.1, 0.15) is 6.92 Å². The van der Waals surface area contributed by atoms with E-state index in [1.165, 1.54) is 11.8 Å². The minimum atomic E-state index is -0.309. The molecule has 0 aliphatic rings. The molecule has 1 aromatic heterocycles. The van der Waals surface area contributed by atoms with Gasteiger partial charge in [0.15, 0.2) is 16.7 Å². The molecular weight excluding hydrogens is 304 g/mol. The van der Waals surface area contributed by atoms with E-state index in [1.54, 1.807) is 43.3 Å². The first-order valence-electron chi connectivity index (χ1n) is 6.58. The van der Waals surface area contributed by atoms with Gasteiger partial charge in [0.25, 0.3) is 0 Å². The molecule has 0 aliphatic carbocycles. The first kappa shape index (κ1) is 16.2. The van der Waals surface area contributed by atoms with Crippen molar-refractivity contribution >= 4 is 23.4 Å². The van der Waals surface area contributed by atoms with Crippen molar-refractivity contribution in [3.05, 3.63) is 24.5 Å². The summed E-state index contributed by atoms with van der Waals surface area (Å²) in [5.74, 6) is 1.05. The number of benzene rings is 1. The molecule has 1 atom stereocenters. The fourth-order valence-corrected chi connectivity index (χ4v) is 2.54. The molecular formula is C14H18N4O3S. The normalized spacial score (nSPS) is 11.8. The number of rotatable bonds is 6. The van der Waals surface area contributed by atoms with Crippen LogP contribution in [0.15, 0.2) is 29.7 Å². The van der Waals surface area contributed by atoms with Gasteiger partial charge in [0.05, 0.1) is 19.5 Å². The highest BCUT2D eigenvalue weighted by molar-refractivity contribution is 8.00. The van der Waals surface area contributed by atoms with Crippen molar-refractivity contribution in [3.8, 4) is 11.5 Å². The molecule has 8 heteroatoms. The number of aromatic nitrogens is 3. The Balaban J connectivity index is 2.03. The molecule has 118 valence electrons. The average molecular weight is 322 g/mol. The third-order valence-electron chi connectivity index (χ3n) is 2.97. The van der Waals surface area contributed by atoms with Crippen molar-refractivity contribution < 1.29 is 14.3 Å². The van der Waals surface area contributed by atoms with Gasteiger partial charge in [-0.1, -0.05) is 11.8 Å². The van der Waals surface area contributed by atoms with E-state index in [-0.39, 0.29) is 11.2 Å². The zero-order valence-electron chi connectivity index (χ0n) is 12.9. The molecule has 1 amide bonds. The molecule has 2 rings (SSSR count). The zero-order chi connectivity index (χ0) is 16.1. The summed E-state index contributed by atoms with van der Waals surface area (Å²) in [6, 6.07) is 5.23. The molecule has 0 spiro atoms. The van der Waals surface area contributed by atoms with Crippen molar-refractivity contribution in [2.45, 2.75) is 17.3 Å². The zero-order valence-corrected chi connectivity index (χ0v) is 13.7. The Morgan fingerprint density at radius 2 is 2.05 bits per heavy atom. The second-order valence-electron chi connectivity index (χ2n) is 4.54. The van der Waals surface area contributed by atoms with Crippen LogP contribution < -0.4 is 14.8 Å². The maximum Gasteiger partial charge on any atom is 0.237 e. The number of hydrogen-bond acceptors (Lipinski definition) is 6. The first-order valence-corrected chi connectivity index (χ1v) is 7.46. The predicted molar refractivity (Wildman–Crippen MR) is 84.5 cm³/mol. The van der Waals surface area contributed by atoms with Crippen molar-refractivity contribution in [2.75, 3.05) is 19.5 Å². The van der Waals surface area contributed by atoms with Gasteiger partial charge >= 0.3 is 0 Å². The number of aryl methyl sites for hydroxylation is 1. The molecule has 2 aromatic rings. The monoisotopic (exact) mass is 322 g/mol. The van der Waals surface area contributed by atoms with E-state index in [0.717, 1.165) is 0 Å². The lowest BCUT2D eigenvalue weighted by atomic mass is 10.2. The van der Waals surface area contributed by atoms with Gasteiger partial charge in [0.2, 0.25) is 5.91 Å². The summed E-state index contributed by atoms with van der Waals surface area (Å²) in [6.45, 7) is 1.81. The summed E-state index contributed by atoms with van der Waals surface area (Å²) in [7, 11) is 4.95. The highest BCUT2D eigenvalue weighted by Gasteiger charge is 2.17. The summed E-state index contributed by atoms with van der Waals surface area (Å²) >= 11 is 1.34. The lowest BCUT2D eigenvalue weighted by Crippen LogP contribution is -2.22. The maximum atomic E-state index is 12.2. The summed E-state index contributed by atoms with van der Waals surface area (Å²) in [5.41, 5.74) is 0.646. The highest BCUT2D eigenvalue weighted by atomic mass is 32.2. The van der Waals surface area contributed by atoms with Gasteiger partial charge in [0.1, 0.15) is 6.33 Å². The van der Waals surface area contributed by atoms with E-state index < -0.39 is 0 Å². The lowest BCUT2D eigenvalue weighted by Gasteiger charge is -2.13. The molecule has 0 radical (unpaired) electrons. The Kier molecular flexibility index (Phi) is 5.26. The molecule has 0 bridgehead atoms. The van der Waals surface area contributed by atoms with Crippen LogP contribution in [0.3, 0.4) is 0 Å². The molecule has 0 unspecified atom stereocenters. The summed E-state index contributed by atoms with van der Waals surface area (Å²) in [5, 5.41) is 11.0. The van der Waals surface area contributed by atoms with Gasteiger partial charge in [-0.3, -0.25) is 4.79 Å². The number of amides is 1. The number of hydrogen-bond donors (Lipinski definition) is 1. The van der Waals surface area contributed by atoms with E-state index in [4.69, 9.17) is 9.47 Å². The molecule has 7 nitrogen and oxygen atoms in total. The number of nitrogens with zero attached hydrogens (tertiary/aromatic N) is 3. The van der Waals surface area contributed by atoms with Crippen LogP contribution in [0.2, 0.25) is 0 Å². The van der Waals surface area contributed by atoms with Crippen molar-refractivity contribution in [3.63, 3.8) is 0 Å². The van der Waals surface area contributed by atoms with Crippen LogP contribution in [0.5, 0.6) is 11.5 Å². The third-order valence-corrected chi connectivity index (χ3v) is 4.12. The Labute approximate surface area is 133 Å². The number of anilines is 1. The number of carbonyl (C=O) groups is 1. The van der Waals surface area contributed by atoms with Gasteiger partial charge in [-0.15, -0.1) is 10.2 Å². The fraction of sp³-hybridized carbons (Fsp3) is 0.357. The number of thioether (sulfide) groups is 1. The van der Waals surface area contributed by atoms with Gasteiger partial charge < -0.3 is 19.4 Å². The average Bonchev–Trinajstić information content (AvgIpc) is 2.92. The Bertz CT molecular complexity index is 659. The molecule has 1 heterocycles. The molecule has 1 N–H and O–H groups in total. The van der Waals surface area contributed by atoms with E-state index in [0.29, 0.717) is 22.3 Å². The van der Waals surface area contributed by atoms with Crippen molar-refractivity contribution in [2.24, 2.45) is 7.05 Å². The van der Waals surface area contributed by atoms with Crippen LogP contribution in [0, 0.1) is 0 Å². The second kappa shape index (κ2) is 7.17. The van der Waals surface area contributed by atoms with Crippen molar-refractivity contribution in [1.29, 1.82) is 0 Å². The first-order chi connectivity index (χ1) is 10.5. The predicted octanol–water partition coefficient (Wildman–Crippen LogP) is 1.95. The lowest BCUT2D eigenvalue weighted by molar-refractivity contribution is -0.115. The Morgan fingerprint density at radius 3 is 2.64 bits per heavy atom. The van der Waals surface area contributed by atoms with Crippen LogP contribution >= 0.6 is 11.8 Å². The Hall–Kier alpha value is -2.22. The summed E-state index contributed by atoms with van der Waals surface area (Å²) in [4.78, 5) is 12.2. The van der Waals surface area contributed by atoms with Crippen LogP contribution in [0.25, 0.3) is 0 Å². The molecule has 0 saturated heterocycles. The van der Waals surface area contributed by atoms with Gasteiger partial charge in [0, 0.05) is 18.8 Å². The quantitative estimate of drug-likeness (QED) is 0.819. The van der Waals surface area contributed by atoms with Crippen LogP contribution in [-0.2, 0) is 11.8 Å². The highest BCUT2D eigenvalue weighted by Crippen LogP contribution is 2.30. The minimum absolute atomic E-state index is 0.125. The van der Waals surface area contributed by atoms with E-state index >= 15 is 0 Å².